The molecule has 1 saturated heterocycles. The van der Waals surface area contributed by atoms with E-state index in [0.29, 0.717) is 17.2 Å². The van der Waals surface area contributed by atoms with E-state index < -0.39 is 0 Å². The SMILES string of the molecule is COc1ccc(CC(=O)N2CCCCC2C(C)N)c(Cl)c1. The van der Waals surface area contributed by atoms with Crippen LogP contribution in [0, 0.1) is 0 Å². The molecule has 1 aliphatic rings. The van der Waals surface area contributed by atoms with Crippen LogP contribution in [0.15, 0.2) is 18.2 Å². The first-order valence-electron chi connectivity index (χ1n) is 7.40. The van der Waals surface area contributed by atoms with Crippen LogP contribution in [0.3, 0.4) is 0 Å². The topological polar surface area (TPSA) is 55.6 Å². The molecule has 1 heterocycles. The third-order valence-corrected chi connectivity index (χ3v) is 4.43. The van der Waals surface area contributed by atoms with E-state index in [1.54, 1.807) is 13.2 Å². The summed E-state index contributed by atoms with van der Waals surface area (Å²) in [7, 11) is 1.59. The summed E-state index contributed by atoms with van der Waals surface area (Å²) < 4.78 is 5.12. The molecule has 1 aromatic carbocycles. The molecule has 5 heteroatoms. The Balaban J connectivity index is 2.09. The molecule has 0 aliphatic carbocycles. The fourth-order valence-corrected chi connectivity index (χ4v) is 3.11. The van der Waals surface area contributed by atoms with E-state index in [-0.39, 0.29) is 18.0 Å². The van der Waals surface area contributed by atoms with Gasteiger partial charge in [-0.15, -0.1) is 0 Å². The minimum atomic E-state index is 0.000546. The van der Waals surface area contributed by atoms with E-state index >= 15 is 0 Å². The molecule has 0 radical (unpaired) electrons. The van der Waals surface area contributed by atoms with Gasteiger partial charge in [0, 0.05) is 23.7 Å². The van der Waals surface area contributed by atoms with Crippen LogP contribution in [0.5, 0.6) is 5.75 Å². The van der Waals surface area contributed by atoms with Gasteiger partial charge in [0.1, 0.15) is 5.75 Å². The van der Waals surface area contributed by atoms with E-state index in [2.05, 4.69) is 0 Å². The highest BCUT2D eigenvalue weighted by Gasteiger charge is 2.29. The van der Waals surface area contributed by atoms with Gasteiger partial charge in [-0.3, -0.25) is 4.79 Å². The van der Waals surface area contributed by atoms with Gasteiger partial charge in [-0.1, -0.05) is 17.7 Å². The molecule has 2 atom stereocenters. The lowest BCUT2D eigenvalue weighted by atomic mass is 9.96. The molecule has 2 unspecified atom stereocenters. The number of hydrogen-bond acceptors (Lipinski definition) is 3. The molecule has 0 spiro atoms. The molecular weight excluding hydrogens is 288 g/mol. The minimum absolute atomic E-state index is 0.000546. The molecule has 1 fully saturated rings. The zero-order valence-electron chi connectivity index (χ0n) is 12.6. The van der Waals surface area contributed by atoms with Crippen molar-refractivity contribution in [1.82, 2.24) is 4.90 Å². The predicted molar refractivity (Wildman–Crippen MR) is 84.7 cm³/mol. The molecule has 0 bridgehead atoms. The molecule has 1 aliphatic heterocycles. The second-order valence-electron chi connectivity index (χ2n) is 5.64. The van der Waals surface area contributed by atoms with Gasteiger partial charge in [0.2, 0.25) is 5.91 Å². The lowest BCUT2D eigenvalue weighted by Crippen LogP contribution is -2.52. The minimum Gasteiger partial charge on any atom is -0.497 e. The van der Waals surface area contributed by atoms with Crippen molar-refractivity contribution in [3.05, 3.63) is 28.8 Å². The van der Waals surface area contributed by atoms with E-state index in [9.17, 15) is 4.79 Å². The monoisotopic (exact) mass is 310 g/mol. The largest absolute Gasteiger partial charge is 0.497 e. The molecule has 4 nitrogen and oxygen atoms in total. The molecule has 0 saturated carbocycles. The van der Waals surface area contributed by atoms with E-state index in [0.717, 1.165) is 31.4 Å². The maximum Gasteiger partial charge on any atom is 0.227 e. The van der Waals surface area contributed by atoms with Gasteiger partial charge in [0.15, 0.2) is 0 Å². The van der Waals surface area contributed by atoms with Crippen molar-refractivity contribution in [2.24, 2.45) is 5.73 Å². The van der Waals surface area contributed by atoms with Crippen LogP contribution in [0.25, 0.3) is 0 Å². The van der Waals surface area contributed by atoms with Crippen molar-refractivity contribution in [3.8, 4) is 5.75 Å². The zero-order valence-corrected chi connectivity index (χ0v) is 13.4. The molecule has 1 amide bonds. The van der Waals surface area contributed by atoms with Gasteiger partial charge in [-0.25, -0.2) is 0 Å². The quantitative estimate of drug-likeness (QED) is 0.930. The number of amides is 1. The maximum atomic E-state index is 12.6. The summed E-state index contributed by atoms with van der Waals surface area (Å²) in [5, 5.41) is 0.567. The number of halogens is 1. The van der Waals surface area contributed by atoms with Crippen molar-refractivity contribution in [2.75, 3.05) is 13.7 Å². The third-order valence-electron chi connectivity index (χ3n) is 4.08. The van der Waals surface area contributed by atoms with E-state index in [1.165, 1.54) is 0 Å². The van der Waals surface area contributed by atoms with Crippen LogP contribution in [0.1, 0.15) is 31.7 Å². The third kappa shape index (κ3) is 3.89. The number of ether oxygens (including phenoxy) is 1. The Morgan fingerprint density at radius 2 is 2.29 bits per heavy atom. The van der Waals surface area contributed by atoms with Crippen molar-refractivity contribution in [3.63, 3.8) is 0 Å². The average molecular weight is 311 g/mol. The Kier molecular flexibility index (Phi) is 5.48. The summed E-state index contributed by atoms with van der Waals surface area (Å²) in [6.45, 7) is 2.76. The summed E-state index contributed by atoms with van der Waals surface area (Å²) >= 11 is 6.21. The first-order valence-corrected chi connectivity index (χ1v) is 7.78. The van der Waals surface area contributed by atoms with Gasteiger partial charge in [-0.05, 0) is 43.9 Å². The van der Waals surface area contributed by atoms with Crippen molar-refractivity contribution in [1.29, 1.82) is 0 Å². The van der Waals surface area contributed by atoms with Gasteiger partial charge in [-0.2, -0.15) is 0 Å². The van der Waals surface area contributed by atoms with Gasteiger partial charge in [0.25, 0.3) is 0 Å². The predicted octanol–water partition coefficient (Wildman–Crippen LogP) is 2.62. The van der Waals surface area contributed by atoms with Crippen molar-refractivity contribution < 1.29 is 9.53 Å². The summed E-state index contributed by atoms with van der Waals surface area (Å²) in [6.07, 6.45) is 3.48. The molecule has 116 valence electrons. The maximum absolute atomic E-state index is 12.6. The van der Waals surface area contributed by atoms with Crippen LogP contribution in [0.4, 0.5) is 0 Å². The highest BCUT2D eigenvalue weighted by atomic mass is 35.5. The van der Waals surface area contributed by atoms with Crippen molar-refractivity contribution >= 4 is 17.5 Å². The van der Waals surface area contributed by atoms with Crippen LogP contribution in [-0.2, 0) is 11.2 Å². The second kappa shape index (κ2) is 7.14. The highest BCUT2D eigenvalue weighted by molar-refractivity contribution is 6.31. The first kappa shape index (κ1) is 16.1. The Labute approximate surface area is 131 Å². The van der Waals surface area contributed by atoms with Crippen LogP contribution in [-0.4, -0.2) is 36.5 Å². The number of carbonyl (C=O) groups excluding carboxylic acids is 1. The van der Waals surface area contributed by atoms with E-state index in [1.807, 2.05) is 24.0 Å². The number of hydrogen-bond donors (Lipinski definition) is 1. The number of likely N-dealkylation sites (tertiary alicyclic amines) is 1. The summed E-state index contributed by atoms with van der Waals surface area (Å²) in [5.41, 5.74) is 6.85. The van der Waals surface area contributed by atoms with Crippen LogP contribution in [0.2, 0.25) is 5.02 Å². The Morgan fingerprint density at radius 3 is 2.90 bits per heavy atom. The average Bonchev–Trinajstić information content (AvgIpc) is 2.49. The van der Waals surface area contributed by atoms with Gasteiger partial charge >= 0.3 is 0 Å². The lowest BCUT2D eigenvalue weighted by molar-refractivity contribution is -0.134. The molecule has 2 rings (SSSR count). The number of rotatable bonds is 4. The molecule has 0 aromatic heterocycles. The zero-order chi connectivity index (χ0) is 15.4. The number of benzene rings is 1. The fourth-order valence-electron chi connectivity index (χ4n) is 2.88. The van der Waals surface area contributed by atoms with Gasteiger partial charge in [0.05, 0.1) is 13.5 Å². The van der Waals surface area contributed by atoms with Crippen LogP contribution >= 0.6 is 11.6 Å². The Morgan fingerprint density at radius 1 is 1.52 bits per heavy atom. The summed E-state index contributed by atoms with van der Waals surface area (Å²) in [4.78, 5) is 14.5. The standard InChI is InChI=1S/C16H23ClN2O2/c1-11(18)15-5-3-4-8-19(15)16(20)9-12-6-7-13(21-2)10-14(12)17/h6-7,10-11,15H,3-5,8-9,18H2,1-2H3. The van der Waals surface area contributed by atoms with Crippen LogP contribution < -0.4 is 10.5 Å². The molecule has 1 aromatic rings. The van der Waals surface area contributed by atoms with Crippen molar-refractivity contribution in [2.45, 2.75) is 44.7 Å². The smallest absolute Gasteiger partial charge is 0.227 e. The Hall–Kier alpha value is -1.26. The highest BCUT2D eigenvalue weighted by Crippen LogP contribution is 2.25. The number of piperidine rings is 1. The fraction of sp³-hybridized carbons (Fsp3) is 0.562. The lowest BCUT2D eigenvalue weighted by Gasteiger charge is -2.38. The number of nitrogens with zero attached hydrogens (tertiary/aromatic N) is 1. The molecule has 2 N–H and O–H groups in total. The second-order valence-corrected chi connectivity index (χ2v) is 6.05. The number of carbonyl (C=O) groups is 1. The first-order chi connectivity index (χ1) is 10.0. The number of methoxy groups -OCH3 is 1. The number of nitrogens with two attached hydrogens (primary N) is 1. The van der Waals surface area contributed by atoms with Gasteiger partial charge < -0.3 is 15.4 Å². The molecular formula is C16H23ClN2O2. The summed E-state index contributed by atoms with van der Waals surface area (Å²) in [5.74, 6) is 0.798. The normalized spacial score (nSPS) is 20.2. The van der Waals surface area contributed by atoms with E-state index in [4.69, 9.17) is 22.1 Å². The summed E-state index contributed by atoms with van der Waals surface area (Å²) in [6, 6.07) is 5.56. The Bertz CT molecular complexity index is 505. The molecule has 21 heavy (non-hydrogen) atoms.